The average molecular weight is 414 g/mol. The summed E-state index contributed by atoms with van der Waals surface area (Å²) < 4.78 is 6.55. The third-order valence-corrected chi connectivity index (χ3v) is 5.75. The number of rotatable bonds is 7. The lowest BCUT2D eigenvalue weighted by Gasteiger charge is -2.43. The quantitative estimate of drug-likeness (QED) is 0.679. The minimum absolute atomic E-state index is 0.0238. The summed E-state index contributed by atoms with van der Waals surface area (Å²) in [5.41, 5.74) is 1.66. The van der Waals surface area contributed by atoms with Crippen LogP contribution < -0.4 is 10.6 Å². The molecule has 0 aliphatic heterocycles. The third kappa shape index (κ3) is 5.18. The van der Waals surface area contributed by atoms with Crippen LogP contribution in [0.25, 0.3) is 5.69 Å². The highest BCUT2D eigenvalue weighted by Crippen LogP contribution is 2.31. The van der Waals surface area contributed by atoms with E-state index in [2.05, 4.69) is 34.7 Å². The first-order chi connectivity index (χ1) is 14.4. The first kappa shape index (κ1) is 21.8. The van der Waals surface area contributed by atoms with Crippen molar-refractivity contribution in [2.75, 3.05) is 32.6 Å². The zero-order valence-corrected chi connectivity index (χ0v) is 18.0. The van der Waals surface area contributed by atoms with E-state index in [0.717, 1.165) is 18.5 Å². The molecule has 0 unspecified atom stereocenters. The molecule has 8 heteroatoms. The number of anilines is 1. The van der Waals surface area contributed by atoms with Gasteiger partial charge in [0.25, 0.3) is 0 Å². The molecule has 2 aromatic rings. The summed E-state index contributed by atoms with van der Waals surface area (Å²) in [5.74, 6) is -0.456. The molecule has 2 amide bonds. The topological polar surface area (TPSA) is 88.5 Å². The molecular weight excluding hydrogens is 382 g/mol. The van der Waals surface area contributed by atoms with Gasteiger partial charge in [-0.05, 0) is 58.1 Å². The molecule has 0 atom stereocenters. The molecule has 1 fully saturated rings. The molecule has 30 heavy (non-hydrogen) atoms. The van der Waals surface area contributed by atoms with Crippen LogP contribution in [0.15, 0.2) is 36.5 Å². The Morgan fingerprint density at radius 1 is 1.20 bits per heavy atom. The van der Waals surface area contributed by atoms with Crippen molar-refractivity contribution < 1.29 is 14.3 Å². The smallest absolute Gasteiger partial charge is 0.358 e. The molecule has 0 saturated heterocycles. The monoisotopic (exact) mass is 413 g/mol. The number of esters is 1. The summed E-state index contributed by atoms with van der Waals surface area (Å²) in [6, 6.07) is 8.69. The SMILES string of the molecule is CCOC(=O)c1ccn(-c2cccc(NC(=O)NCC3(N(C)C)CCCCC3)c2)n1. The molecular formula is C22H31N5O3. The second kappa shape index (κ2) is 9.75. The third-order valence-electron chi connectivity index (χ3n) is 5.75. The number of urea groups is 1. The number of carbonyl (C=O) groups is 2. The number of aromatic nitrogens is 2. The minimum atomic E-state index is -0.456. The van der Waals surface area contributed by atoms with Gasteiger partial charge in [0.15, 0.2) is 5.69 Å². The first-order valence-corrected chi connectivity index (χ1v) is 10.5. The van der Waals surface area contributed by atoms with E-state index in [1.807, 2.05) is 24.3 Å². The van der Waals surface area contributed by atoms with Gasteiger partial charge < -0.3 is 20.3 Å². The summed E-state index contributed by atoms with van der Waals surface area (Å²) in [7, 11) is 4.17. The Morgan fingerprint density at radius 2 is 1.97 bits per heavy atom. The first-order valence-electron chi connectivity index (χ1n) is 10.5. The molecule has 0 radical (unpaired) electrons. The number of carbonyl (C=O) groups excluding carboxylic acids is 2. The Bertz CT molecular complexity index is 871. The predicted molar refractivity (Wildman–Crippen MR) is 116 cm³/mol. The highest BCUT2D eigenvalue weighted by Gasteiger charge is 2.34. The van der Waals surface area contributed by atoms with Gasteiger partial charge in [-0.2, -0.15) is 5.10 Å². The van der Waals surface area contributed by atoms with E-state index in [1.54, 1.807) is 23.9 Å². The molecule has 162 valence electrons. The van der Waals surface area contributed by atoms with Gasteiger partial charge in [-0.1, -0.05) is 25.3 Å². The van der Waals surface area contributed by atoms with Crippen LogP contribution in [0.5, 0.6) is 0 Å². The lowest BCUT2D eigenvalue weighted by Crippen LogP contribution is -2.54. The van der Waals surface area contributed by atoms with Gasteiger partial charge in [-0.25, -0.2) is 14.3 Å². The maximum absolute atomic E-state index is 12.5. The summed E-state index contributed by atoms with van der Waals surface area (Å²) >= 11 is 0. The van der Waals surface area contributed by atoms with E-state index in [9.17, 15) is 9.59 Å². The Morgan fingerprint density at radius 3 is 2.67 bits per heavy atom. The zero-order valence-electron chi connectivity index (χ0n) is 18.0. The number of hydrogen-bond donors (Lipinski definition) is 2. The number of benzene rings is 1. The summed E-state index contributed by atoms with van der Waals surface area (Å²) in [6.45, 7) is 2.67. The highest BCUT2D eigenvalue weighted by molar-refractivity contribution is 5.89. The zero-order chi connectivity index (χ0) is 21.6. The summed E-state index contributed by atoms with van der Waals surface area (Å²) in [4.78, 5) is 26.6. The van der Waals surface area contributed by atoms with E-state index >= 15 is 0 Å². The number of ether oxygens (including phenoxy) is 1. The van der Waals surface area contributed by atoms with E-state index in [0.29, 0.717) is 18.8 Å². The van der Waals surface area contributed by atoms with Gasteiger partial charge in [-0.3, -0.25) is 0 Å². The van der Waals surface area contributed by atoms with Gasteiger partial charge in [0.1, 0.15) is 0 Å². The molecule has 1 aromatic carbocycles. The molecule has 0 spiro atoms. The average Bonchev–Trinajstić information content (AvgIpc) is 3.24. The molecule has 1 aliphatic carbocycles. The van der Waals surface area contributed by atoms with Crippen molar-refractivity contribution in [2.45, 2.75) is 44.6 Å². The number of hydrogen-bond acceptors (Lipinski definition) is 5. The van der Waals surface area contributed by atoms with Crippen LogP contribution in [0.2, 0.25) is 0 Å². The van der Waals surface area contributed by atoms with Crippen LogP contribution in [0.4, 0.5) is 10.5 Å². The molecule has 1 aliphatic rings. The van der Waals surface area contributed by atoms with Gasteiger partial charge >= 0.3 is 12.0 Å². The Labute approximate surface area is 177 Å². The molecule has 3 rings (SSSR count). The fourth-order valence-electron chi connectivity index (χ4n) is 3.92. The van der Waals surface area contributed by atoms with Gasteiger partial charge in [0, 0.05) is 24.0 Å². The van der Waals surface area contributed by atoms with Crippen LogP contribution >= 0.6 is 0 Å². The van der Waals surface area contributed by atoms with Crippen molar-refractivity contribution >= 4 is 17.7 Å². The fraction of sp³-hybridized carbons (Fsp3) is 0.500. The van der Waals surface area contributed by atoms with Crippen LogP contribution in [0.1, 0.15) is 49.5 Å². The number of nitrogens with zero attached hydrogens (tertiary/aromatic N) is 3. The van der Waals surface area contributed by atoms with Crippen LogP contribution in [0.3, 0.4) is 0 Å². The normalized spacial score (nSPS) is 15.6. The van der Waals surface area contributed by atoms with Crippen LogP contribution in [0, 0.1) is 0 Å². The maximum atomic E-state index is 12.5. The Hall–Kier alpha value is -2.87. The maximum Gasteiger partial charge on any atom is 0.358 e. The van der Waals surface area contributed by atoms with E-state index < -0.39 is 5.97 Å². The number of amides is 2. The summed E-state index contributed by atoms with van der Waals surface area (Å²) in [5, 5.41) is 10.2. The van der Waals surface area contributed by atoms with E-state index in [-0.39, 0.29) is 17.3 Å². The molecule has 1 aromatic heterocycles. The number of nitrogens with one attached hydrogen (secondary N) is 2. The number of likely N-dealkylation sites (N-methyl/N-ethyl adjacent to an activating group) is 1. The second-order valence-corrected chi connectivity index (χ2v) is 7.90. The Kier molecular flexibility index (Phi) is 7.10. The molecule has 8 nitrogen and oxygen atoms in total. The van der Waals surface area contributed by atoms with Crippen molar-refractivity contribution in [1.29, 1.82) is 0 Å². The molecule has 1 saturated carbocycles. The van der Waals surface area contributed by atoms with Crippen molar-refractivity contribution in [3.8, 4) is 5.69 Å². The summed E-state index contributed by atoms with van der Waals surface area (Å²) in [6.07, 6.45) is 7.54. The lowest BCUT2D eigenvalue weighted by molar-refractivity contribution is 0.0519. The Balaban J connectivity index is 1.62. The molecule has 0 bridgehead atoms. The fourth-order valence-corrected chi connectivity index (χ4v) is 3.92. The van der Waals surface area contributed by atoms with E-state index in [1.165, 1.54) is 19.3 Å². The van der Waals surface area contributed by atoms with Gasteiger partial charge in [0.2, 0.25) is 0 Å². The largest absolute Gasteiger partial charge is 0.461 e. The van der Waals surface area contributed by atoms with Crippen molar-refractivity contribution in [2.24, 2.45) is 0 Å². The second-order valence-electron chi connectivity index (χ2n) is 7.90. The van der Waals surface area contributed by atoms with Crippen LogP contribution in [-0.4, -0.2) is 59.5 Å². The van der Waals surface area contributed by atoms with Gasteiger partial charge in [-0.15, -0.1) is 0 Å². The van der Waals surface area contributed by atoms with Crippen molar-refractivity contribution in [3.63, 3.8) is 0 Å². The molecule has 2 N–H and O–H groups in total. The predicted octanol–water partition coefficient (Wildman–Crippen LogP) is 3.44. The highest BCUT2D eigenvalue weighted by atomic mass is 16.5. The minimum Gasteiger partial charge on any atom is -0.461 e. The lowest BCUT2D eigenvalue weighted by atomic mass is 9.80. The molecule has 1 heterocycles. The van der Waals surface area contributed by atoms with Crippen molar-refractivity contribution in [1.82, 2.24) is 20.0 Å². The standard InChI is InChI=1S/C22H31N5O3/c1-4-30-20(28)19-11-14-27(25-19)18-10-8-9-17(15-18)24-21(29)23-16-22(26(2)3)12-6-5-7-13-22/h8-11,14-15H,4-7,12-13,16H2,1-3H3,(H2,23,24,29). The van der Waals surface area contributed by atoms with Gasteiger partial charge in [0.05, 0.1) is 12.3 Å². The van der Waals surface area contributed by atoms with Crippen LogP contribution in [-0.2, 0) is 4.74 Å². The van der Waals surface area contributed by atoms with E-state index in [4.69, 9.17) is 4.74 Å². The van der Waals surface area contributed by atoms with Crippen molar-refractivity contribution in [3.05, 3.63) is 42.2 Å².